The van der Waals surface area contributed by atoms with E-state index in [4.69, 9.17) is 4.74 Å². The van der Waals surface area contributed by atoms with Gasteiger partial charge in [-0.3, -0.25) is 0 Å². The molecule has 0 aromatic carbocycles. The summed E-state index contributed by atoms with van der Waals surface area (Å²) < 4.78 is 5.84. The molecule has 0 fully saturated rings. The van der Waals surface area contributed by atoms with Crippen molar-refractivity contribution in [2.45, 2.75) is 194 Å². The molecule has 1 heteroatoms. The Balaban J connectivity index is 2.99. The van der Waals surface area contributed by atoms with Gasteiger partial charge in [0.1, 0.15) is 0 Å². The average molecular weight is 467 g/mol. The Morgan fingerprint density at radius 3 is 0.636 bits per heavy atom. The van der Waals surface area contributed by atoms with Crippen LogP contribution in [0, 0.1) is 0 Å². The number of unbranched alkanes of at least 4 members (excludes halogenated alkanes) is 26. The quantitative estimate of drug-likeness (QED) is 0.0956. The lowest BCUT2D eigenvalue weighted by molar-refractivity contribution is 0.125. The van der Waals surface area contributed by atoms with Gasteiger partial charge in [-0.2, -0.15) is 0 Å². The second-order valence-corrected chi connectivity index (χ2v) is 10.8. The molecule has 0 amide bonds. The van der Waals surface area contributed by atoms with Gasteiger partial charge in [0.2, 0.25) is 0 Å². The van der Waals surface area contributed by atoms with Gasteiger partial charge in [-0.15, -0.1) is 0 Å². The Hall–Kier alpha value is -0.0400. The molecule has 0 radical (unpaired) electrons. The van der Waals surface area contributed by atoms with Crippen molar-refractivity contribution in [3.63, 3.8) is 0 Å². The summed E-state index contributed by atoms with van der Waals surface area (Å²) in [5.41, 5.74) is 0. The predicted molar refractivity (Wildman–Crippen MR) is 151 cm³/mol. The van der Waals surface area contributed by atoms with Gasteiger partial charge in [0.15, 0.2) is 0 Å². The zero-order valence-electron chi connectivity index (χ0n) is 23.6. The van der Waals surface area contributed by atoms with E-state index >= 15 is 0 Å². The van der Waals surface area contributed by atoms with Crippen molar-refractivity contribution in [2.24, 2.45) is 0 Å². The van der Waals surface area contributed by atoms with E-state index in [1.165, 1.54) is 180 Å². The second-order valence-electron chi connectivity index (χ2n) is 10.8. The molecule has 0 aromatic heterocycles. The van der Waals surface area contributed by atoms with Crippen LogP contribution in [0.25, 0.3) is 0 Å². The van der Waals surface area contributed by atoms with Crippen molar-refractivity contribution in [1.82, 2.24) is 0 Å². The zero-order valence-corrected chi connectivity index (χ0v) is 23.6. The minimum atomic E-state index is 0.996. The first-order valence-corrected chi connectivity index (χ1v) is 16.0. The van der Waals surface area contributed by atoms with Crippen molar-refractivity contribution in [3.8, 4) is 0 Å². The highest BCUT2D eigenvalue weighted by Crippen LogP contribution is 2.14. The standard InChI is InChI=1S/C32H66O/c1-3-5-7-9-11-13-15-17-18-19-20-22-24-26-28-30-32-33-31-29-27-25-23-21-16-14-12-10-8-6-4-2/h3-32H2,1-2H3. The Morgan fingerprint density at radius 1 is 0.242 bits per heavy atom. The summed E-state index contributed by atoms with van der Waals surface area (Å²) in [6, 6.07) is 0. The molecule has 0 aliphatic carbocycles. The van der Waals surface area contributed by atoms with Gasteiger partial charge in [-0.05, 0) is 12.8 Å². The lowest BCUT2D eigenvalue weighted by Gasteiger charge is -2.05. The van der Waals surface area contributed by atoms with Crippen LogP contribution in [0.4, 0.5) is 0 Å². The fourth-order valence-electron chi connectivity index (χ4n) is 4.90. The van der Waals surface area contributed by atoms with Gasteiger partial charge >= 0.3 is 0 Å². The summed E-state index contributed by atoms with van der Waals surface area (Å²) in [5.74, 6) is 0. The Morgan fingerprint density at radius 2 is 0.424 bits per heavy atom. The lowest BCUT2D eigenvalue weighted by Crippen LogP contribution is -1.97. The molecule has 0 aromatic rings. The molecule has 200 valence electrons. The SMILES string of the molecule is CCCCCCCCCCCCCCCCCCOCCCCCCCCCCCCCC. The summed E-state index contributed by atoms with van der Waals surface area (Å²) >= 11 is 0. The van der Waals surface area contributed by atoms with Gasteiger partial charge in [0.25, 0.3) is 0 Å². The highest BCUT2D eigenvalue weighted by Gasteiger charge is 1.96. The van der Waals surface area contributed by atoms with Crippen molar-refractivity contribution in [2.75, 3.05) is 13.2 Å². The number of ether oxygens (including phenoxy) is 1. The largest absolute Gasteiger partial charge is 0.381 e. The molecule has 0 atom stereocenters. The van der Waals surface area contributed by atoms with Crippen LogP contribution in [0.2, 0.25) is 0 Å². The van der Waals surface area contributed by atoms with Crippen LogP contribution in [0.15, 0.2) is 0 Å². The summed E-state index contributed by atoms with van der Waals surface area (Å²) in [4.78, 5) is 0. The molecule has 0 heterocycles. The first kappa shape index (κ1) is 33.0. The molecule has 0 N–H and O–H groups in total. The Labute approximate surface area is 211 Å². The first-order chi connectivity index (χ1) is 16.4. The van der Waals surface area contributed by atoms with Crippen molar-refractivity contribution >= 4 is 0 Å². The van der Waals surface area contributed by atoms with Crippen LogP contribution in [0.3, 0.4) is 0 Å². The Bertz CT molecular complexity index is 284. The normalized spacial score (nSPS) is 11.5. The van der Waals surface area contributed by atoms with Crippen molar-refractivity contribution in [3.05, 3.63) is 0 Å². The molecule has 0 saturated heterocycles. The van der Waals surface area contributed by atoms with Crippen LogP contribution in [-0.4, -0.2) is 13.2 Å². The number of hydrogen-bond acceptors (Lipinski definition) is 1. The molecule has 0 unspecified atom stereocenters. The highest BCUT2D eigenvalue weighted by molar-refractivity contribution is 4.51. The highest BCUT2D eigenvalue weighted by atomic mass is 16.5. The molecule has 0 bridgehead atoms. The summed E-state index contributed by atoms with van der Waals surface area (Å²) in [6.45, 7) is 6.59. The minimum Gasteiger partial charge on any atom is -0.381 e. The van der Waals surface area contributed by atoms with E-state index in [9.17, 15) is 0 Å². The third kappa shape index (κ3) is 32.0. The lowest BCUT2D eigenvalue weighted by atomic mass is 10.0. The van der Waals surface area contributed by atoms with Crippen LogP contribution in [0.1, 0.15) is 194 Å². The van der Waals surface area contributed by atoms with Crippen LogP contribution < -0.4 is 0 Å². The maximum Gasteiger partial charge on any atom is 0.0466 e. The zero-order chi connectivity index (χ0) is 23.9. The van der Waals surface area contributed by atoms with Crippen LogP contribution >= 0.6 is 0 Å². The third-order valence-electron chi connectivity index (χ3n) is 7.28. The molecular weight excluding hydrogens is 400 g/mol. The molecule has 1 nitrogen and oxygen atoms in total. The van der Waals surface area contributed by atoms with Gasteiger partial charge in [0.05, 0.1) is 0 Å². The van der Waals surface area contributed by atoms with E-state index in [1.807, 2.05) is 0 Å². The number of hydrogen-bond donors (Lipinski definition) is 0. The van der Waals surface area contributed by atoms with Gasteiger partial charge in [-0.1, -0.05) is 181 Å². The van der Waals surface area contributed by atoms with E-state index in [0.29, 0.717) is 0 Å². The van der Waals surface area contributed by atoms with Gasteiger partial charge in [-0.25, -0.2) is 0 Å². The first-order valence-electron chi connectivity index (χ1n) is 16.0. The Kier molecular flexibility index (Phi) is 31.9. The summed E-state index contributed by atoms with van der Waals surface area (Å²) in [5, 5.41) is 0. The van der Waals surface area contributed by atoms with E-state index < -0.39 is 0 Å². The third-order valence-corrected chi connectivity index (χ3v) is 7.28. The van der Waals surface area contributed by atoms with Crippen molar-refractivity contribution in [1.29, 1.82) is 0 Å². The fraction of sp³-hybridized carbons (Fsp3) is 1.00. The smallest absolute Gasteiger partial charge is 0.0466 e. The number of rotatable bonds is 30. The average Bonchev–Trinajstić information content (AvgIpc) is 2.83. The van der Waals surface area contributed by atoms with Crippen molar-refractivity contribution < 1.29 is 4.74 Å². The molecule has 0 aliphatic rings. The fourth-order valence-corrected chi connectivity index (χ4v) is 4.90. The van der Waals surface area contributed by atoms with E-state index in [-0.39, 0.29) is 0 Å². The van der Waals surface area contributed by atoms with E-state index in [1.54, 1.807) is 0 Å². The maximum absolute atomic E-state index is 5.84. The maximum atomic E-state index is 5.84. The molecule has 0 spiro atoms. The summed E-state index contributed by atoms with van der Waals surface area (Å²) in [7, 11) is 0. The molecule has 0 saturated carbocycles. The topological polar surface area (TPSA) is 9.23 Å². The minimum absolute atomic E-state index is 0.996. The summed E-state index contributed by atoms with van der Waals surface area (Å²) in [6.07, 6.45) is 40.1. The second kappa shape index (κ2) is 32.0. The molecule has 0 rings (SSSR count). The van der Waals surface area contributed by atoms with E-state index in [0.717, 1.165) is 13.2 Å². The molecule has 0 aliphatic heterocycles. The monoisotopic (exact) mass is 467 g/mol. The molecule has 33 heavy (non-hydrogen) atoms. The van der Waals surface area contributed by atoms with Crippen LogP contribution in [0.5, 0.6) is 0 Å². The molecular formula is C32H66O. The van der Waals surface area contributed by atoms with Gasteiger partial charge in [0, 0.05) is 13.2 Å². The van der Waals surface area contributed by atoms with E-state index in [2.05, 4.69) is 13.8 Å². The van der Waals surface area contributed by atoms with Gasteiger partial charge < -0.3 is 4.74 Å². The predicted octanol–water partition coefficient (Wildman–Crippen LogP) is 12.0. The van der Waals surface area contributed by atoms with Crippen LogP contribution in [-0.2, 0) is 4.74 Å².